The van der Waals surface area contributed by atoms with Gasteiger partial charge in [-0.3, -0.25) is 24.0 Å². The number of allylic oxidation sites excluding steroid dienone is 1. The summed E-state index contributed by atoms with van der Waals surface area (Å²) in [5.41, 5.74) is 0.201. The fourth-order valence-electron chi connectivity index (χ4n) is 14.4. The van der Waals surface area contributed by atoms with Gasteiger partial charge in [0.05, 0.1) is 28.7 Å². The molecular formula is C48H69NO8. The van der Waals surface area contributed by atoms with Gasteiger partial charge in [-0.05, 0) is 122 Å². The number of amides is 1. The molecule has 314 valence electrons. The lowest BCUT2D eigenvalue weighted by Gasteiger charge is -2.72. The Bertz CT molecular complexity index is 1880. The third-order valence-corrected chi connectivity index (χ3v) is 18.0. The summed E-state index contributed by atoms with van der Waals surface area (Å²) in [5.74, 6) is 1.00. The summed E-state index contributed by atoms with van der Waals surface area (Å²) >= 11 is 0. The van der Waals surface area contributed by atoms with Crippen molar-refractivity contribution in [1.82, 2.24) is 5.32 Å². The van der Waals surface area contributed by atoms with E-state index in [9.17, 15) is 24.0 Å². The van der Waals surface area contributed by atoms with Gasteiger partial charge in [0.25, 0.3) is 6.47 Å². The molecular weight excluding hydrogens is 719 g/mol. The van der Waals surface area contributed by atoms with Crippen molar-refractivity contribution in [2.75, 3.05) is 0 Å². The monoisotopic (exact) mass is 788 g/mol. The smallest absolute Gasteiger partial charge is 0.310 e. The molecule has 7 rings (SSSR count). The van der Waals surface area contributed by atoms with Gasteiger partial charge in [-0.25, -0.2) is 0 Å². The van der Waals surface area contributed by atoms with Crippen molar-refractivity contribution >= 4 is 29.9 Å². The number of furan rings is 1. The number of nitrogens with one attached hydrogen (secondary N) is 1. The van der Waals surface area contributed by atoms with Gasteiger partial charge in [-0.15, -0.1) is 0 Å². The largest absolute Gasteiger partial charge is 0.469 e. The summed E-state index contributed by atoms with van der Waals surface area (Å²) in [7, 11) is 0. The lowest BCUT2D eigenvalue weighted by Crippen LogP contribution is -2.67. The second-order valence-electron chi connectivity index (χ2n) is 22.2. The Kier molecular flexibility index (Phi) is 10.0. The van der Waals surface area contributed by atoms with Crippen LogP contribution in [-0.4, -0.2) is 47.7 Å². The highest BCUT2D eigenvalue weighted by Gasteiger charge is 2.70. The summed E-state index contributed by atoms with van der Waals surface area (Å²) in [6.07, 6.45) is 9.48. The molecule has 0 aromatic carbocycles. The molecule has 6 aliphatic rings. The Morgan fingerprint density at radius 2 is 1.61 bits per heavy atom. The second-order valence-corrected chi connectivity index (χ2v) is 22.2. The number of ketones is 2. The van der Waals surface area contributed by atoms with Gasteiger partial charge in [-0.1, -0.05) is 76.2 Å². The zero-order chi connectivity index (χ0) is 41.9. The van der Waals surface area contributed by atoms with Crippen LogP contribution in [0, 0.1) is 69.0 Å². The van der Waals surface area contributed by atoms with E-state index in [4.69, 9.17) is 13.9 Å². The van der Waals surface area contributed by atoms with E-state index in [0.29, 0.717) is 42.5 Å². The first-order chi connectivity index (χ1) is 26.4. The third-order valence-electron chi connectivity index (χ3n) is 18.0. The average Bonchev–Trinajstić information content (AvgIpc) is 3.67. The lowest BCUT2D eigenvalue weighted by atomic mass is 9.33. The molecule has 5 fully saturated rings. The van der Waals surface area contributed by atoms with Crippen LogP contribution in [-0.2, 0) is 28.7 Å². The first-order valence-electron chi connectivity index (χ1n) is 21.9. The summed E-state index contributed by atoms with van der Waals surface area (Å²) in [6.45, 7) is 26.3. The van der Waals surface area contributed by atoms with Crippen molar-refractivity contribution < 1.29 is 37.9 Å². The molecule has 1 aromatic rings. The van der Waals surface area contributed by atoms with Crippen molar-refractivity contribution in [2.24, 2.45) is 62.1 Å². The summed E-state index contributed by atoms with van der Waals surface area (Å²) in [6, 6.07) is 1.67. The summed E-state index contributed by atoms with van der Waals surface area (Å²) in [5, 5.41) is 3.51. The number of esters is 1. The van der Waals surface area contributed by atoms with Crippen molar-refractivity contribution in [1.29, 1.82) is 0 Å². The number of carbonyl (C=O) groups excluding carboxylic acids is 5. The van der Waals surface area contributed by atoms with Gasteiger partial charge in [0, 0.05) is 23.7 Å². The molecule has 0 bridgehead atoms. The maximum Gasteiger partial charge on any atom is 0.310 e. The highest BCUT2D eigenvalue weighted by Crippen LogP contribution is 2.76. The van der Waals surface area contributed by atoms with Crippen molar-refractivity contribution in [3.8, 4) is 0 Å². The van der Waals surface area contributed by atoms with Crippen LogP contribution in [0.2, 0.25) is 0 Å². The second kappa shape index (κ2) is 13.7. The number of hydrogen-bond acceptors (Lipinski definition) is 8. The Hall–Kier alpha value is -3.23. The highest BCUT2D eigenvalue weighted by atomic mass is 16.6. The maximum atomic E-state index is 14.4. The minimum atomic E-state index is -0.983. The molecule has 1 amide bonds. The third kappa shape index (κ3) is 6.06. The fourth-order valence-corrected chi connectivity index (χ4v) is 14.4. The molecule has 9 nitrogen and oxygen atoms in total. The van der Waals surface area contributed by atoms with E-state index in [0.717, 1.165) is 50.5 Å². The minimum Gasteiger partial charge on any atom is -0.469 e. The van der Waals surface area contributed by atoms with Crippen LogP contribution >= 0.6 is 0 Å². The van der Waals surface area contributed by atoms with E-state index in [2.05, 4.69) is 53.8 Å². The molecule has 0 spiro atoms. The van der Waals surface area contributed by atoms with Crippen LogP contribution in [0.15, 0.2) is 27.9 Å². The molecule has 0 unspecified atom stereocenters. The Morgan fingerprint density at radius 1 is 0.912 bits per heavy atom. The predicted octanol–water partition coefficient (Wildman–Crippen LogP) is 9.54. The van der Waals surface area contributed by atoms with Gasteiger partial charge >= 0.3 is 5.97 Å². The van der Waals surface area contributed by atoms with Crippen LogP contribution in [0.4, 0.5) is 0 Å². The van der Waals surface area contributed by atoms with E-state index < -0.39 is 16.4 Å². The summed E-state index contributed by atoms with van der Waals surface area (Å²) in [4.78, 5) is 66.6. The molecule has 6 aliphatic carbocycles. The quantitative estimate of drug-likeness (QED) is 0.141. The first kappa shape index (κ1) is 41.9. The molecule has 5 saturated carbocycles. The first-order valence-corrected chi connectivity index (χ1v) is 21.9. The van der Waals surface area contributed by atoms with Crippen LogP contribution in [0.1, 0.15) is 163 Å². The van der Waals surface area contributed by atoms with E-state index in [-0.39, 0.29) is 87.9 Å². The van der Waals surface area contributed by atoms with Crippen LogP contribution in [0.5, 0.6) is 0 Å². The molecule has 1 heterocycles. The predicted molar refractivity (Wildman–Crippen MR) is 217 cm³/mol. The number of aryl methyl sites for hydroxylation is 1. The molecule has 57 heavy (non-hydrogen) atoms. The maximum absolute atomic E-state index is 14.4. The lowest BCUT2D eigenvalue weighted by molar-refractivity contribution is -0.236. The molecule has 1 N–H and O–H groups in total. The van der Waals surface area contributed by atoms with Gasteiger partial charge < -0.3 is 19.2 Å². The van der Waals surface area contributed by atoms with Gasteiger partial charge in [0.1, 0.15) is 18.0 Å². The topological polar surface area (TPSA) is 129 Å². The van der Waals surface area contributed by atoms with E-state index in [1.165, 1.54) is 11.8 Å². The Labute approximate surface area is 340 Å². The molecule has 9 heteroatoms. The molecule has 0 radical (unpaired) electrons. The normalized spacial score (nSPS) is 39.2. The Morgan fingerprint density at radius 3 is 2.23 bits per heavy atom. The number of rotatable bonds is 10. The molecule has 10 atom stereocenters. The summed E-state index contributed by atoms with van der Waals surface area (Å²) < 4.78 is 17.1. The van der Waals surface area contributed by atoms with Crippen LogP contribution in [0.3, 0.4) is 0 Å². The number of Topliss-reactive ketones (excluding diaryl/α,β-unsaturated/α-hetero) is 2. The van der Waals surface area contributed by atoms with E-state index in [1.807, 2.05) is 27.7 Å². The van der Waals surface area contributed by atoms with Gasteiger partial charge in [-0.2, -0.15) is 0 Å². The minimum absolute atomic E-state index is 0.00927. The fraction of sp³-hybridized carbons (Fsp3) is 0.771. The number of carbonyl (C=O) groups is 5. The highest BCUT2D eigenvalue weighted by molar-refractivity contribution is 6.03. The number of hydrogen-bond donors (Lipinski definition) is 1. The van der Waals surface area contributed by atoms with Crippen molar-refractivity contribution in [3.63, 3.8) is 0 Å². The van der Waals surface area contributed by atoms with Crippen molar-refractivity contribution in [3.05, 3.63) is 34.8 Å². The van der Waals surface area contributed by atoms with Gasteiger partial charge in [0.15, 0.2) is 11.6 Å². The zero-order valence-electron chi connectivity index (χ0n) is 36.8. The molecule has 1 aromatic heterocycles. The van der Waals surface area contributed by atoms with E-state index in [1.54, 1.807) is 13.0 Å². The van der Waals surface area contributed by atoms with Crippen LogP contribution < -0.4 is 5.32 Å². The number of fused-ring (bicyclic) bond motifs is 7. The van der Waals surface area contributed by atoms with E-state index >= 15 is 0 Å². The average molecular weight is 788 g/mol. The molecule has 0 saturated heterocycles. The zero-order valence-corrected chi connectivity index (χ0v) is 36.8. The van der Waals surface area contributed by atoms with Crippen molar-refractivity contribution in [2.45, 2.75) is 171 Å². The Balaban J connectivity index is 1.14. The van der Waals surface area contributed by atoms with Crippen LogP contribution in [0.25, 0.3) is 0 Å². The SMILES string of the molecule is Cc1occc1C(=O)CC(C)(C)C(=O)N[C@@]12CC[C@]3(C)[C@H](CC[C@@H]4[C@@]5(C)CC[C@H](OC(=O)[C@H]6C[C@@H](OC=O)C6(C)C)C(C)(C)[C@@H]5CC[C@]43C)C1=C(C(C)C)C(=O)C2. The number of ether oxygens (including phenoxy) is 2. The molecule has 0 aliphatic heterocycles. The standard InChI is InChI=1S/C48H69NO8/c1-27(2)38-33(52)25-48(49-41(54)42(4,5)24-32(51)29-17-22-55-28(29)3)21-20-46(11)30(39(38)48)13-14-35-45(10)18-16-36(44(8,9)34(45)15-19-47(35,46)12)57-40(53)31-23-37(56-26-50)43(31,6)7/h17,22,26-27,30-31,34-37H,13-16,18-21,23-25H2,1-12H3,(H,49,54)/t30-,31-,34+,35-,36+,37-,45+,46-,47-,48-/m1/s1. The van der Waals surface area contributed by atoms with Gasteiger partial charge in [0.2, 0.25) is 5.91 Å².